The Kier molecular flexibility index (Phi) is 4.91. The summed E-state index contributed by atoms with van der Waals surface area (Å²) in [6.45, 7) is 1.67. The van der Waals surface area contributed by atoms with Gasteiger partial charge in [0.1, 0.15) is 0 Å². The van der Waals surface area contributed by atoms with Crippen LogP contribution in [-0.4, -0.2) is 24.6 Å². The lowest BCUT2D eigenvalue weighted by molar-refractivity contribution is -0.135. The van der Waals surface area contributed by atoms with E-state index in [1.54, 1.807) is 6.92 Å². The number of aldehydes is 1. The number of nitrogens with zero attached hydrogens (tertiary/aromatic N) is 1. The molecular formula is C11H10F2N2O3. The van der Waals surface area contributed by atoms with Crippen molar-refractivity contribution in [2.24, 2.45) is 5.10 Å². The summed E-state index contributed by atoms with van der Waals surface area (Å²) in [5.41, 5.74) is 1.85. The van der Waals surface area contributed by atoms with Crippen LogP contribution in [0.3, 0.4) is 0 Å². The highest BCUT2D eigenvalue weighted by atomic mass is 19.2. The fourth-order valence-corrected chi connectivity index (χ4v) is 1.02. The molecule has 0 saturated heterocycles. The Morgan fingerprint density at radius 3 is 2.72 bits per heavy atom. The summed E-state index contributed by atoms with van der Waals surface area (Å²) in [6, 6.07) is 2.93. The minimum absolute atomic E-state index is 0.0941. The second kappa shape index (κ2) is 6.43. The Labute approximate surface area is 101 Å². The molecule has 0 bridgehead atoms. The van der Waals surface area contributed by atoms with Gasteiger partial charge in [0.05, 0.1) is 12.3 Å². The first kappa shape index (κ1) is 13.8. The van der Waals surface area contributed by atoms with E-state index in [0.29, 0.717) is 0 Å². The van der Waals surface area contributed by atoms with E-state index in [0.717, 1.165) is 12.1 Å². The van der Waals surface area contributed by atoms with Gasteiger partial charge < -0.3 is 4.74 Å². The molecule has 0 unspecified atom stereocenters. The number of ether oxygens (including phenoxy) is 1. The van der Waals surface area contributed by atoms with Crippen molar-refractivity contribution in [3.8, 4) is 0 Å². The van der Waals surface area contributed by atoms with E-state index in [4.69, 9.17) is 0 Å². The molecule has 18 heavy (non-hydrogen) atoms. The summed E-state index contributed by atoms with van der Waals surface area (Å²) in [5, 5.41) is 3.44. The fourth-order valence-electron chi connectivity index (χ4n) is 1.02. The molecule has 0 radical (unpaired) electrons. The maximum atomic E-state index is 12.8. The van der Waals surface area contributed by atoms with Crippen LogP contribution < -0.4 is 5.43 Å². The van der Waals surface area contributed by atoms with Gasteiger partial charge in [-0.3, -0.25) is 10.2 Å². The molecule has 0 amide bonds. The summed E-state index contributed by atoms with van der Waals surface area (Å²) >= 11 is 0. The van der Waals surface area contributed by atoms with Crippen molar-refractivity contribution in [2.45, 2.75) is 6.92 Å². The number of hydrazone groups is 1. The van der Waals surface area contributed by atoms with Crippen LogP contribution in [-0.2, 0) is 14.3 Å². The Balaban J connectivity index is 2.79. The molecule has 0 spiro atoms. The number of anilines is 1. The van der Waals surface area contributed by atoms with Gasteiger partial charge in [0.25, 0.3) is 0 Å². The molecule has 0 aliphatic carbocycles. The van der Waals surface area contributed by atoms with Gasteiger partial charge in [0, 0.05) is 6.07 Å². The third kappa shape index (κ3) is 3.62. The molecule has 96 valence electrons. The number of esters is 1. The molecule has 0 aliphatic rings. The highest BCUT2D eigenvalue weighted by Crippen LogP contribution is 2.12. The average molecular weight is 256 g/mol. The topological polar surface area (TPSA) is 67.8 Å². The number of nitrogens with one attached hydrogen (secondary N) is 1. The van der Waals surface area contributed by atoms with Crippen LogP contribution >= 0.6 is 0 Å². The summed E-state index contributed by atoms with van der Waals surface area (Å²) in [7, 11) is 0. The van der Waals surface area contributed by atoms with E-state index in [1.165, 1.54) is 6.07 Å². The van der Waals surface area contributed by atoms with E-state index >= 15 is 0 Å². The fraction of sp³-hybridized carbons (Fsp3) is 0.182. The number of carbonyl (C=O) groups is 2. The third-order valence-corrected chi connectivity index (χ3v) is 1.82. The van der Waals surface area contributed by atoms with Gasteiger partial charge in [0.2, 0.25) is 5.71 Å². The minimum Gasteiger partial charge on any atom is -0.461 e. The van der Waals surface area contributed by atoms with Crippen molar-refractivity contribution < 1.29 is 23.1 Å². The van der Waals surface area contributed by atoms with Crippen LogP contribution in [0.2, 0.25) is 0 Å². The Bertz CT molecular complexity index is 489. The van der Waals surface area contributed by atoms with Crippen LogP contribution in [0, 0.1) is 11.6 Å². The molecule has 0 fully saturated rings. The number of rotatable bonds is 5. The molecule has 1 N–H and O–H groups in total. The largest absolute Gasteiger partial charge is 0.461 e. The van der Waals surface area contributed by atoms with Gasteiger partial charge >= 0.3 is 5.97 Å². The van der Waals surface area contributed by atoms with Crippen molar-refractivity contribution >= 4 is 23.7 Å². The molecule has 0 atom stereocenters. The smallest absolute Gasteiger partial charge is 0.362 e. The zero-order chi connectivity index (χ0) is 13.5. The zero-order valence-electron chi connectivity index (χ0n) is 9.44. The molecule has 0 heterocycles. The predicted molar refractivity (Wildman–Crippen MR) is 60.1 cm³/mol. The van der Waals surface area contributed by atoms with Crippen LogP contribution in [0.1, 0.15) is 6.92 Å². The molecular weight excluding hydrogens is 246 g/mol. The second-order valence-corrected chi connectivity index (χ2v) is 3.08. The van der Waals surface area contributed by atoms with Crippen molar-refractivity contribution in [3.05, 3.63) is 29.8 Å². The highest BCUT2D eigenvalue weighted by Gasteiger charge is 2.11. The zero-order valence-corrected chi connectivity index (χ0v) is 9.44. The third-order valence-electron chi connectivity index (χ3n) is 1.82. The number of benzene rings is 1. The standard InChI is InChI=1S/C11H10F2N2O3/c1-2-18-11(17)10(6-16)15-14-7-3-4-8(12)9(13)5-7/h3-6,14H,2H2,1H3/b15-10+. The number of carbonyl (C=O) groups excluding carboxylic acids is 2. The number of halogens is 2. The number of hydrogen-bond acceptors (Lipinski definition) is 5. The van der Waals surface area contributed by atoms with Gasteiger partial charge in [-0.25, -0.2) is 13.6 Å². The molecule has 0 aromatic heterocycles. The van der Waals surface area contributed by atoms with Crippen LogP contribution in [0.5, 0.6) is 0 Å². The van der Waals surface area contributed by atoms with E-state index in [9.17, 15) is 18.4 Å². The lowest BCUT2D eigenvalue weighted by Gasteiger charge is -2.03. The van der Waals surface area contributed by atoms with Crippen LogP contribution in [0.15, 0.2) is 23.3 Å². The van der Waals surface area contributed by atoms with Gasteiger partial charge in [-0.15, -0.1) is 0 Å². The van der Waals surface area contributed by atoms with Crippen LogP contribution in [0.25, 0.3) is 0 Å². The molecule has 1 aromatic rings. The molecule has 1 rings (SSSR count). The lowest BCUT2D eigenvalue weighted by Crippen LogP contribution is -2.20. The highest BCUT2D eigenvalue weighted by molar-refractivity contribution is 6.58. The average Bonchev–Trinajstić information content (AvgIpc) is 2.34. The first-order valence-electron chi connectivity index (χ1n) is 4.99. The maximum Gasteiger partial charge on any atom is 0.362 e. The Morgan fingerprint density at radius 2 is 2.17 bits per heavy atom. The minimum atomic E-state index is -1.07. The van der Waals surface area contributed by atoms with Gasteiger partial charge in [-0.1, -0.05) is 0 Å². The summed E-state index contributed by atoms with van der Waals surface area (Å²) in [4.78, 5) is 21.7. The summed E-state index contributed by atoms with van der Waals surface area (Å²) < 4.78 is 30.0. The first-order valence-corrected chi connectivity index (χ1v) is 4.99. The van der Waals surface area contributed by atoms with Gasteiger partial charge in [-0.05, 0) is 19.1 Å². The molecule has 5 nitrogen and oxygen atoms in total. The monoisotopic (exact) mass is 256 g/mol. The van der Waals surface area contributed by atoms with Gasteiger partial charge in [-0.2, -0.15) is 5.10 Å². The number of hydrogen-bond donors (Lipinski definition) is 1. The van der Waals surface area contributed by atoms with Crippen molar-refractivity contribution in [1.29, 1.82) is 0 Å². The molecule has 7 heteroatoms. The van der Waals surface area contributed by atoms with Crippen molar-refractivity contribution in [2.75, 3.05) is 12.0 Å². The van der Waals surface area contributed by atoms with E-state index in [-0.39, 0.29) is 18.6 Å². The Hall–Kier alpha value is -2.31. The SMILES string of the molecule is CCOC(=O)/C(C=O)=N/Nc1ccc(F)c(F)c1. The van der Waals surface area contributed by atoms with Crippen LogP contribution in [0.4, 0.5) is 14.5 Å². The summed E-state index contributed by atoms with van der Waals surface area (Å²) in [6.07, 6.45) is 0.199. The summed E-state index contributed by atoms with van der Waals surface area (Å²) in [5.74, 6) is -2.98. The Morgan fingerprint density at radius 1 is 1.44 bits per heavy atom. The lowest BCUT2D eigenvalue weighted by atomic mass is 10.3. The van der Waals surface area contributed by atoms with Gasteiger partial charge in [0.15, 0.2) is 17.9 Å². The van der Waals surface area contributed by atoms with E-state index in [2.05, 4.69) is 15.3 Å². The first-order chi connectivity index (χ1) is 8.58. The van der Waals surface area contributed by atoms with E-state index in [1.807, 2.05) is 0 Å². The quantitative estimate of drug-likeness (QED) is 0.285. The van der Waals surface area contributed by atoms with Crippen molar-refractivity contribution in [3.63, 3.8) is 0 Å². The normalized spacial score (nSPS) is 10.9. The molecule has 1 aromatic carbocycles. The molecule has 0 saturated carbocycles. The van der Waals surface area contributed by atoms with E-state index < -0.39 is 23.3 Å². The second-order valence-electron chi connectivity index (χ2n) is 3.08. The predicted octanol–water partition coefficient (Wildman–Crippen LogP) is 1.49. The maximum absolute atomic E-state index is 12.8. The van der Waals surface area contributed by atoms with Crippen molar-refractivity contribution in [1.82, 2.24) is 0 Å². The molecule has 0 aliphatic heterocycles.